The lowest BCUT2D eigenvalue weighted by atomic mass is 10.1. The molecule has 0 bridgehead atoms. The molecule has 0 aliphatic rings. The number of rotatable bonds is 4. The zero-order valence-corrected chi connectivity index (χ0v) is 13.2. The van der Waals surface area contributed by atoms with Gasteiger partial charge < -0.3 is 19.9 Å². The van der Waals surface area contributed by atoms with Gasteiger partial charge >= 0.3 is 0 Å². The summed E-state index contributed by atoms with van der Waals surface area (Å²) in [5.41, 5.74) is 1.35. The van der Waals surface area contributed by atoms with Gasteiger partial charge in [-0.25, -0.2) is 4.98 Å². The maximum absolute atomic E-state index is 12.0. The molecule has 0 unspecified atom stereocenters. The van der Waals surface area contributed by atoms with Crippen LogP contribution in [0.4, 0.5) is 0 Å². The maximum Gasteiger partial charge on any atom is 0.254 e. The summed E-state index contributed by atoms with van der Waals surface area (Å²) in [5.74, 6) is 0.634. The van der Waals surface area contributed by atoms with E-state index in [1.54, 1.807) is 19.1 Å². The summed E-state index contributed by atoms with van der Waals surface area (Å²) in [5, 5.41) is 18.8. The Morgan fingerprint density at radius 3 is 2.71 bits per heavy atom. The number of ether oxygens (including phenoxy) is 1. The van der Waals surface area contributed by atoms with Gasteiger partial charge in [0.25, 0.3) is 5.56 Å². The van der Waals surface area contributed by atoms with Crippen molar-refractivity contribution in [2.75, 3.05) is 13.7 Å². The molecule has 6 nitrogen and oxygen atoms in total. The highest BCUT2D eigenvalue weighted by Gasteiger charge is 2.13. The number of H-pyrrole nitrogens is 1. The number of hydrogen-bond acceptors (Lipinski definition) is 5. The van der Waals surface area contributed by atoms with E-state index in [0.717, 1.165) is 0 Å². The molecule has 7 heteroatoms. The van der Waals surface area contributed by atoms with Crippen LogP contribution >= 0.6 is 15.9 Å². The third-order valence-electron chi connectivity index (χ3n) is 3.11. The molecule has 0 amide bonds. The summed E-state index contributed by atoms with van der Waals surface area (Å²) in [4.78, 5) is 19.1. The van der Waals surface area contributed by atoms with Crippen LogP contribution in [-0.4, -0.2) is 33.9 Å². The Balaban J connectivity index is 2.58. The Labute approximate surface area is 129 Å². The second-order valence-corrected chi connectivity index (χ2v) is 5.32. The van der Waals surface area contributed by atoms with Crippen LogP contribution in [-0.2, 0) is 6.42 Å². The molecule has 0 fully saturated rings. The number of aliphatic hydroxyl groups is 1. The standard InChI is InChI=1S/C14H15BrN2O4/c1-7-9(3-4-18)14(20)17-13(16-7)8-5-10(15)12(19)11(6-8)21-2/h5-6,18-19H,3-4H2,1-2H3,(H,16,17,20). The first-order chi connectivity index (χ1) is 9.97. The van der Waals surface area contributed by atoms with Crippen molar-refractivity contribution in [3.8, 4) is 22.9 Å². The number of methoxy groups -OCH3 is 1. The number of aromatic amines is 1. The minimum atomic E-state index is -0.283. The van der Waals surface area contributed by atoms with Crippen LogP contribution in [0.2, 0.25) is 0 Å². The third-order valence-corrected chi connectivity index (χ3v) is 3.71. The number of aromatic hydroxyl groups is 1. The molecule has 2 rings (SSSR count). The van der Waals surface area contributed by atoms with E-state index in [-0.39, 0.29) is 30.1 Å². The molecule has 0 saturated carbocycles. The number of phenolic OH excluding ortho intramolecular Hbond substituents is 1. The maximum atomic E-state index is 12.0. The number of aryl methyl sites for hydroxylation is 1. The van der Waals surface area contributed by atoms with Crippen LogP contribution in [0.5, 0.6) is 11.5 Å². The number of hydrogen-bond donors (Lipinski definition) is 3. The van der Waals surface area contributed by atoms with Crippen molar-refractivity contribution in [1.29, 1.82) is 0 Å². The van der Waals surface area contributed by atoms with E-state index >= 15 is 0 Å². The van der Waals surface area contributed by atoms with Gasteiger partial charge in [-0.3, -0.25) is 4.79 Å². The summed E-state index contributed by atoms with van der Waals surface area (Å²) in [6.45, 7) is 1.61. The highest BCUT2D eigenvalue weighted by Crippen LogP contribution is 2.37. The first kappa shape index (κ1) is 15.5. The zero-order chi connectivity index (χ0) is 15.6. The number of phenols is 1. The van der Waals surface area contributed by atoms with E-state index in [4.69, 9.17) is 9.84 Å². The fourth-order valence-corrected chi connectivity index (χ4v) is 2.46. The predicted octanol–water partition coefficient (Wildman–Crippen LogP) is 1.76. The lowest BCUT2D eigenvalue weighted by Gasteiger charge is -2.10. The van der Waals surface area contributed by atoms with Gasteiger partial charge in [-0.1, -0.05) is 0 Å². The molecule has 0 spiro atoms. The summed E-state index contributed by atoms with van der Waals surface area (Å²) in [6.07, 6.45) is 0.261. The van der Waals surface area contributed by atoms with Crippen LogP contribution in [0.3, 0.4) is 0 Å². The number of halogens is 1. The highest BCUT2D eigenvalue weighted by atomic mass is 79.9. The molecule has 112 valence electrons. The molecular formula is C14H15BrN2O4. The molecule has 0 aliphatic heterocycles. The molecule has 1 aromatic heterocycles. The van der Waals surface area contributed by atoms with Crippen molar-refractivity contribution >= 4 is 15.9 Å². The number of benzene rings is 1. The average Bonchev–Trinajstić information content (AvgIpc) is 2.45. The SMILES string of the molecule is COc1cc(-c2nc(C)c(CCO)c(=O)[nH]2)cc(Br)c1O. The number of nitrogens with one attached hydrogen (secondary N) is 1. The Hall–Kier alpha value is -1.86. The van der Waals surface area contributed by atoms with Gasteiger partial charge in [0.15, 0.2) is 11.5 Å². The monoisotopic (exact) mass is 354 g/mol. The summed E-state index contributed by atoms with van der Waals surface area (Å²) < 4.78 is 5.52. The summed E-state index contributed by atoms with van der Waals surface area (Å²) in [7, 11) is 1.44. The van der Waals surface area contributed by atoms with Gasteiger partial charge in [-0.15, -0.1) is 0 Å². The smallest absolute Gasteiger partial charge is 0.254 e. The van der Waals surface area contributed by atoms with Crippen molar-refractivity contribution in [3.63, 3.8) is 0 Å². The molecule has 0 atom stereocenters. The van der Waals surface area contributed by atoms with E-state index in [0.29, 0.717) is 27.1 Å². The lowest BCUT2D eigenvalue weighted by Crippen LogP contribution is -2.18. The molecule has 0 saturated heterocycles. The zero-order valence-electron chi connectivity index (χ0n) is 11.6. The van der Waals surface area contributed by atoms with Gasteiger partial charge in [0.05, 0.1) is 11.6 Å². The van der Waals surface area contributed by atoms with E-state index in [1.165, 1.54) is 7.11 Å². The summed E-state index contributed by atoms with van der Waals surface area (Å²) in [6, 6.07) is 3.23. The van der Waals surface area contributed by atoms with Crippen molar-refractivity contribution in [2.24, 2.45) is 0 Å². The van der Waals surface area contributed by atoms with Gasteiger partial charge in [0.2, 0.25) is 0 Å². The Morgan fingerprint density at radius 1 is 1.43 bits per heavy atom. The van der Waals surface area contributed by atoms with E-state index in [1.807, 2.05) is 0 Å². The van der Waals surface area contributed by atoms with Crippen molar-refractivity contribution < 1.29 is 14.9 Å². The van der Waals surface area contributed by atoms with Crippen molar-refractivity contribution in [3.05, 3.63) is 38.2 Å². The largest absolute Gasteiger partial charge is 0.503 e. The molecule has 21 heavy (non-hydrogen) atoms. The van der Waals surface area contributed by atoms with E-state index in [9.17, 15) is 9.90 Å². The Morgan fingerprint density at radius 2 is 2.14 bits per heavy atom. The highest BCUT2D eigenvalue weighted by molar-refractivity contribution is 9.10. The summed E-state index contributed by atoms with van der Waals surface area (Å²) >= 11 is 3.23. The first-order valence-electron chi connectivity index (χ1n) is 6.25. The molecule has 2 aromatic rings. The molecule has 1 heterocycles. The van der Waals surface area contributed by atoms with Crippen LogP contribution in [0.1, 0.15) is 11.3 Å². The topological polar surface area (TPSA) is 95.4 Å². The van der Waals surface area contributed by atoms with E-state index in [2.05, 4.69) is 25.9 Å². The number of aromatic nitrogens is 2. The van der Waals surface area contributed by atoms with Crippen LogP contribution in [0.25, 0.3) is 11.4 Å². The molecule has 0 aliphatic carbocycles. The minimum Gasteiger partial charge on any atom is -0.503 e. The van der Waals surface area contributed by atoms with Gasteiger partial charge in [0, 0.05) is 29.8 Å². The fourth-order valence-electron chi connectivity index (χ4n) is 2.02. The molecule has 1 aromatic carbocycles. The second-order valence-electron chi connectivity index (χ2n) is 4.46. The number of nitrogens with zero attached hydrogens (tertiary/aromatic N) is 1. The van der Waals surface area contributed by atoms with E-state index < -0.39 is 0 Å². The van der Waals surface area contributed by atoms with Gasteiger partial charge in [-0.2, -0.15) is 0 Å². The van der Waals surface area contributed by atoms with Crippen LogP contribution < -0.4 is 10.3 Å². The fraction of sp³-hybridized carbons (Fsp3) is 0.286. The Kier molecular flexibility index (Phi) is 4.64. The first-order valence-corrected chi connectivity index (χ1v) is 7.04. The molecule has 0 radical (unpaired) electrons. The lowest BCUT2D eigenvalue weighted by molar-refractivity contribution is 0.298. The van der Waals surface area contributed by atoms with Crippen LogP contribution in [0, 0.1) is 6.92 Å². The van der Waals surface area contributed by atoms with Crippen LogP contribution in [0.15, 0.2) is 21.4 Å². The number of aliphatic hydroxyl groups excluding tert-OH is 1. The van der Waals surface area contributed by atoms with Gasteiger partial charge in [-0.05, 0) is 35.0 Å². The molecule has 3 N–H and O–H groups in total. The predicted molar refractivity (Wildman–Crippen MR) is 81.7 cm³/mol. The third kappa shape index (κ3) is 3.08. The Bertz CT molecular complexity index is 728. The quantitative estimate of drug-likeness (QED) is 0.777. The second kappa shape index (κ2) is 6.28. The normalized spacial score (nSPS) is 10.7. The van der Waals surface area contributed by atoms with Crippen molar-refractivity contribution in [1.82, 2.24) is 9.97 Å². The van der Waals surface area contributed by atoms with Gasteiger partial charge in [0.1, 0.15) is 5.82 Å². The average molecular weight is 355 g/mol. The minimum absolute atomic E-state index is 0.0165. The molecular weight excluding hydrogens is 340 g/mol. The van der Waals surface area contributed by atoms with Crippen molar-refractivity contribution in [2.45, 2.75) is 13.3 Å².